The normalized spacial score (nSPS) is 22.7. The lowest BCUT2D eigenvalue weighted by Gasteiger charge is -2.26. The summed E-state index contributed by atoms with van der Waals surface area (Å²) >= 11 is 0. The Hall–Kier alpha value is -3.27. The molecular weight excluding hydrogens is 370 g/mol. The molecule has 10 heteroatoms. The number of carbonyl (C=O) groups excluding carboxylic acids is 1. The van der Waals surface area contributed by atoms with Crippen molar-refractivity contribution in [2.45, 2.75) is 51.1 Å². The predicted molar refractivity (Wildman–Crippen MR) is 111 cm³/mol. The van der Waals surface area contributed by atoms with Crippen molar-refractivity contribution in [2.24, 2.45) is 11.5 Å². The van der Waals surface area contributed by atoms with Gasteiger partial charge in [0.05, 0.1) is 14.5 Å². The number of aromatic nitrogens is 5. The molecule has 1 aromatic carbocycles. The Morgan fingerprint density at radius 2 is 2.17 bits per heavy atom. The van der Waals surface area contributed by atoms with Crippen molar-refractivity contribution in [2.75, 3.05) is 10.6 Å². The van der Waals surface area contributed by atoms with E-state index in [2.05, 4.69) is 30.9 Å². The van der Waals surface area contributed by atoms with E-state index in [0.717, 1.165) is 30.4 Å². The van der Waals surface area contributed by atoms with Gasteiger partial charge in [-0.05, 0) is 50.7 Å². The summed E-state index contributed by atoms with van der Waals surface area (Å²) in [5.41, 5.74) is 12.0. The second kappa shape index (κ2) is 8.00. The molecule has 0 saturated heterocycles. The summed E-state index contributed by atoms with van der Waals surface area (Å²) < 4.78 is 39.2. The van der Waals surface area contributed by atoms with Crippen LogP contribution in [0.15, 0.2) is 24.4 Å². The summed E-state index contributed by atoms with van der Waals surface area (Å²) in [6.07, 6.45) is 4.88. The summed E-state index contributed by atoms with van der Waals surface area (Å²) in [6.45, 7) is -5.60. The minimum atomic E-state index is -2.90. The number of nitrogens with two attached hydrogens (primary N) is 2. The smallest absolute Gasteiger partial charge is 0.273 e. The molecule has 0 spiro atoms. The maximum absolute atomic E-state index is 11.9. The number of hydrogen-bond donors (Lipinski definition) is 4. The number of amides is 1. The first-order valence-electron chi connectivity index (χ1n) is 11.8. The van der Waals surface area contributed by atoms with Crippen molar-refractivity contribution in [3.8, 4) is 0 Å². The van der Waals surface area contributed by atoms with Gasteiger partial charge in [-0.15, -0.1) is 10.2 Å². The van der Waals surface area contributed by atoms with E-state index in [1.165, 1.54) is 12.3 Å². The molecule has 1 amide bonds. The maximum atomic E-state index is 11.9. The third-order valence-electron chi connectivity index (χ3n) is 4.96. The first-order chi connectivity index (χ1) is 16.0. The molecule has 152 valence electrons. The molecule has 2 heterocycles. The molecule has 1 saturated carbocycles. The molecule has 10 nitrogen and oxygen atoms in total. The summed E-state index contributed by atoms with van der Waals surface area (Å²) in [5, 5.41) is 18.5. The lowest BCUT2D eigenvalue weighted by Crippen LogP contribution is -2.33. The highest BCUT2D eigenvalue weighted by molar-refractivity contribution is 5.96. The second-order valence-corrected chi connectivity index (χ2v) is 7.02. The van der Waals surface area contributed by atoms with Crippen molar-refractivity contribution in [1.29, 1.82) is 0 Å². The number of benzene rings is 1. The molecule has 1 aliphatic carbocycles. The van der Waals surface area contributed by atoms with Crippen LogP contribution in [-0.2, 0) is 6.50 Å². The largest absolute Gasteiger partial charge is 0.364 e. The highest BCUT2D eigenvalue weighted by Crippen LogP contribution is 2.24. The number of nitrogens with zero attached hydrogens (tertiary/aromatic N) is 5. The van der Waals surface area contributed by atoms with E-state index in [-0.39, 0.29) is 29.5 Å². The minimum absolute atomic E-state index is 0.0991. The number of fused-ring (bicyclic) bond motifs is 1. The van der Waals surface area contributed by atoms with Crippen LogP contribution in [-0.4, -0.2) is 43.0 Å². The van der Waals surface area contributed by atoms with Gasteiger partial charge in [-0.3, -0.25) is 9.48 Å². The average molecular weight is 401 g/mol. The maximum Gasteiger partial charge on any atom is 0.273 e. The fraction of sp³-hybridized carbons (Fsp3) is 0.421. The predicted octanol–water partition coefficient (Wildman–Crippen LogP) is 1.77. The van der Waals surface area contributed by atoms with Crippen LogP contribution in [0.4, 0.5) is 17.5 Å². The Kier molecular flexibility index (Phi) is 3.81. The van der Waals surface area contributed by atoms with E-state index in [1.54, 1.807) is 12.1 Å². The Morgan fingerprint density at radius 1 is 1.34 bits per heavy atom. The van der Waals surface area contributed by atoms with Gasteiger partial charge >= 0.3 is 0 Å². The van der Waals surface area contributed by atoms with Crippen LogP contribution in [0.2, 0.25) is 0 Å². The number of anilines is 3. The standard InChI is InChI=1S/C19H25N9O/c1-2-28-15-8-7-14(9-11(15)10-22-28)23-18-16(17(21)29)26-27-19(25-18)24-13-5-3-12(20)4-6-13/h7-10,12-13H,2-6,20H2,1H3,(H2,21,29)(H2,23,24,25,27)/i1D3,2D2. The zero-order chi connectivity index (χ0) is 24.7. The van der Waals surface area contributed by atoms with Crippen LogP contribution in [0.1, 0.15) is 49.9 Å². The quantitative estimate of drug-likeness (QED) is 0.489. The second-order valence-electron chi connectivity index (χ2n) is 7.02. The fourth-order valence-corrected chi connectivity index (χ4v) is 3.42. The molecule has 1 fully saturated rings. The molecule has 1 aliphatic rings. The topological polar surface area (TPSA) is 150 Å². The zero-order valence-corrected chi connectivity index (χ0v) is 15.6. The molecular formula is C19H25N9O. The molecule has 0 unspecified atom stereocenters. The molecule has 0 bridgehead atoms. The monoisotopic (exact) mass is 400 g/mol. The van der Waals surface area contributed by atoms with Gasteiger partial charge in [-0.1, -0.05) is 0 Å². The van der Waals surface area contributed by atoms with Crippen LogP contribution in [0.5, 0.6) is 0 Å². The van der Waals surface area contributed by atoms with Crippen LogP contribution >= 0.6 is 0 Å². The van der Waals surface area contributed by atoms with Gasteiger partial charge in [-0.2, -0.15) is 10.1 Å². The lowest BCUT2D eigenvalue weighted by atomic mass is 9.92. The van der Waals surface area contributed by atoms with Gasteiger partial charge in [-0.25, -0.2) is 0 Å². The van der Waals surface area contributed by atoms with Gasteiger partial charge in [0.1, 0.15) is 0 Å². The van der Waals surface area contributed by atoms with Gasteiger partial charge in [0.15, 0.2) is 11.5 Å². The molecule has 6 N–H and O–H groups in total. The minimum Gasteiger partial charge on any atom is -0.364 e. The van der Waals surface area contributed by atoms with Gasteiger partial charge in [0, 0.05) is 33.8 Å². The van der Waals surface area contributed by atoms with E-state index in [0.29, 0.717) is 16.6 Å². The number of nitrogens with one attached hydrogen (secondary N) is 2. The lowest BCUT2D eigenvalue weighted by molar-refractivity contribution is 0.0995. The van der Waals surface area contributed by atoms with Crippen molar-refractivity contribution in [3.63, 3.8) is 0 Å². The third kappa shape index (κ3) is 4.11. The molecule has 4 rings (SSSR count). The summed E-state index contributed by atoms with van der Waals surface area (Å²) in [4.78, 5) is 16.2. The van der Waals surface area contributed by atoms with Crippen molar-refractivity contribution in [3.05, 3.63) is 30.1 Å². The number of rotatable bonds is 6. The number of carbonyl (C=O) groups is 1. The van der Waals surface area contributed by atoms with Gasteiger partial charge < -0.3 is 22.1 Å². The molecule has 2 aromatic heterocycles. The molecule has 29 heavy (non-hydrogen) atoms. The Morgan fingerprint density at radius 3 is 2.93 bits per heavy atom. The van der Waals surface area contributed by atoms with Gasteiger partial charge in [0.25, 0.3) is 5.91 Å². The van der Waals surface area contributed by atoms with E-state index in [1.807, 2.05) is 0 Å². The fourth-order valence-electron chi connectivity index (χ4n) is 3.42. The highest BCUT2D eigenvalue weighted by atomic mass is 16.1. The van der Waals surface area contributed by atoms with Crippen LogP contribution in [0, 0.1) is 0 Å². The Labute approximate surface area is 175 Å². The molecule has 0 radical (unpaired) electrons. The van der Waals surface area contributed by atoms with Crippen molar-refractivity contribution in [1.82, 2.24) is 25.0 Å². The first-order valence-corrected chi connectivity index (χ1v) is 9.27. The average Bonchev–Trinajstić information content (AvgIpc) is 3.18. The highest BCUT2D eigenvalue weighted by Gasteiger charge is 2.21. The third-order valence-corrected chi connectivity index (χ3v) is 4.96. The number of aryl methyl sites for hydroxylation is 1. The summed E-state index contributed by atoms with van der Waals surface area (Å²) in [5.74, 6) is -0.465. The van der Waals surface area contributed by atoms with Crippen molar-refractivity contribution >= 4 is 34.3 Å². The number of primary amides is 1. The van der Waals surface area contributed by atoms with E-state index < -0.39 is 19.3 Å². The van der Waals surface area contributed by atoms with E-state index >= 15 is 0 Å². The van der Waals surface area contributed by atoms with Crippen LogP contribution in [0.25, 0.3) is 10.9 Å². The number of hydrogen-bond acceptors (Lipinski definition) is 8. The van der Waals surface area contributed by atoms with Crippen LogP contribution < -0.4 is 22.1 Å². The Balaban J connectivity index is 1.61. The molecule has 0 aliphatic heterocycles. The summed E-state index contributed by atoms with van der Waals surface area (Å²) in [7, 11) is 0. The van der Waals surface area contributed by atoms with Crippen molar-refractivity contribution < 1.29 is 11.6 Å². The summed E-state index contributed by atoms with van der Waals surface area (Å²) in [6, 6.07) is 5.07. The zero-order valence-electron chi connectivity index (χ0n) is 20.6. The van der Waals surface area contributed by atoms with Crippen LogP contribution in [0.3, 0.4) is 0 Å². The molecule has 0 atom stereocenters. The Bertz CT molecular complexity index is 1200. The SMILES string of the molecule is [2H]C([2H])([2H])C([2H])([2H])n1ncc2cc(Nc3nc(NC4CCC(N)CC4)nnc3C(N)=O)ccc21. The van der Waals surface area contributed by atoms with E-state index in [9.17, 15) is 4.79 Å². The van der Waals surface area contributed by atoms with Gasteiger partial charge in [0.2, 0.25) is 5.95 Å². The molecule has 3 aromatic rings. The van der Waals surface area contributed by atoms with E-state index in [4.69, 9.17) is 18.3 Å². The first kappa shape index (κ1) is 13.8.